The number of benzene rings is 2. The normalized spacial score (nSPS) is 10.9. The van der Waals surface area contributed by atoms with Gasteiger partial charge in [-0.15, -0.1) is 0 Å². The zero-order chi connectivity index (χ0) is 20.1. The van der Waals surface area contributed by atoms with E-state index >= 15 is 0 Å². The van der Waals surface area contributed by atoms with E-state index in [-0.39, 0.29) is 10.8 Å². The van der Waals surface area contributed by atoms with Crippen LogP contribution in [0.4, 0.5) is 5.95 Å². The van der Waals surface area contributed by atoms with Crippen molar-refractivity contribution in [1.82, 2.24) is 15.0 Å². The lowest BCUT2D eigenvalue weighted by Gasteiger charge is -2.15. The van der Waals surface area contributed by atoms with E-state index in [1.165, 1.54) is 0 Å². The Morgan fingerprint density at radius 2 is 1.86 bits per heavy atom. The van der Waals surface area contributed by atoms with Crippen molar-refractivity contribution < 1.29 is 9.53 Å². The number of anilines is 1. The summed E-state index contributed by atoms with van der Waals surface area (Å²) in [5, 5.41) is 4.17. The fraction of sp³-hybridized carbons (Fsp3) is 0.150. The molecule has 28 heavy (non-hydrogen) atoms. The standard InChI is InChI=1S/C20H20ClN5O2/c1-25(2)20-23-17(19(27)24-22-13-14-7-5-4-6-8-14)18(21)26(20)15-9-11-16(28-3)12-10-15/h4-13H,1-3H3,(H,24,27)/b22-13+. The first kappa shape index (κ1) is 19.4. The summed E-state index contributed by atoms with van der Waals surface area (Å²) in [5.74, 6) is 0.750. The number of hydrogen-bond acceptors (Lipinski definition) is 5. The van der Waals surface area contributed by atoms with Crippen LogP contribution in [-0.2, 0) is 0 Å². The van der Waals surface area contributed by atoms with Crippen molar-refractivity contribution in [2.24, 2.45) is 5.10 Å². The molecule has 0 saturated carbocycles. The number of carbonyl (C=O) groups is 1. The molecule has 1 amide bonds. The molecule has 0 unspecified atom stereocenters. The summed E-state index contributed by atoms with van der Waals surface area (Å²) in [6.07, 6.45) is 1.55. The predicted molar refractivity (Wildman–Crippen MR) is 111 cm³/mol. The zero-order valence-corrected chi connectivity index (χ0v) is 16.5. The second-order valence-electron chi connectivity index (χ2n) is 6.09. The summed E-state index contributed by atoms with van der Waals surface area (Å²) >= 11 is 6.50. The summed E-state index contributed by atoms with van der Waals surface area (Å²) in [5.41, 5.74) is 4.18. The first-order chi connectivity index (χ1) is 13.5. The maximum absolute atomic E-state index is 12.6. The number of hydrogen-bond donors (Lipinski definition) is 1. The lowest BCUT2D eigenvalue weighted by molar-refractivity contribution is 0.0951. The molecule has 0 spiro atoms. The van der Waals surface area contributed by atoms with E-state index in [4.69, 9.17) is 16.3 Å². The molecule has 1 aromatic heterocycles. The fourth-order valence-electron chi connectivity index (χ4n) is 2.55. The topological polar surface area (TPSA) is 71.8 Å². The molecule has 0 aliphatic carbocycles. The number of aromatic nitrogens is 2. The molecule has 1 N–H and O–H groups in total. The van der Waals surface area contributed by atoms with Gasteiger partial charge < -0.3 is 9.64 Å². The van der Waals surface area contributed by atoms with Gasteiger partial charge in [-0.3, -0.25) is 9.36 Å². The fourth-order valence-corrected chi connectivity index (χ4v) is 2.85. The van der Waals surface area contributed by atoms with Gasteiger partial charge in [0.1, 0.15) is 10.9 Å². The van der Waals surface area contributed by atoms with Crippen molar-refractivity contribution in [3.63, 3.8) is 0 Å². The Labute approximate surface area is 168 Å². The number of carbonyl (C=O) groups excluding carboxylic acids is 1. The molecule has 2 aromatic carbocycles. The average molecular weight is 398 g/mol. The third-order valence-electron chi connectivity index (χ3n) is 3.93. The van der Waals surface area contributed by atoms with Gasteiger partial charge in [0.25, 0.3) is 5.91 Å². The quantitative estimate of drug-likeness (QED) is 0.511. The number of rotatable bonds is 6. The van der Waals surface area contributed by atoms with Crippen molar-refractivity contribution in [3.05, 3.63) is 71.0 Å². The SMILES string of the molecule is COc1ccc(-n2c(N(C)C)nc(C(=O)N/N=C/c3ccccc3)c2Cl)cc1. The number of methoxy groups -OCH3 is 1. The molecule has 0 aliphatic rings. The van der Waals surface area contributed by atoms with Crippen LogP contribution in [0, 0.1) is 0 Å². The maximum Gasteiger partial charge on any atom is 0.293 e. The van der Waals surface area contributed by atoms with E-state index in [0.29, 0.717) is 5.95 Å². The van der Waals surface area contributed by atoms with Gasteiger partial charge in [-0.25, -0.2) is 10.4 Å². The highest BCUT2D eigenvalue weighted by atomic mass is 35.5. The first-order valence-electron chi connectivity index (χ1n) is 8.49. The number of nitrogens with zero attached hydrogens (tertiary/aromatic N) is 4. The third kappa shape index (κ3) is 4.15. The number of amides is 1. The van der Waals surface area contributed by atoms with Crippen LogP contribution in [0.25, 0.3) is 5.69 Å². The van der Waals surface area contributed by atoms with Crippen molar-refractivity contribution in [2.75, 3.05) is 26.1 Å². The van der Waals surface area contributed by atoms with Crippen LogP contribution < -0.4 is 15.1 Å². The van der Waals surface area contributed by atoms with E-state index in [0.717, 1.165) is 17.0 Å². The monoisotopic (exact) mass is 397 g/mol. The van der Waals surface area contributed by atoms with Crippen LogP contribution >= 0.6 is 11.6 Å². The molecule has 0 bridgehead atoms. The van der Waals surface area contributed by atoms with E-state index in [1.54, 1.807) is 22.8 Å². The molecular formula is C20H20ClN5O2. The van der Waals surface area contributed by atoms with Crippen LogP contribution in [0.1, 0.15) is 16.1 Å². The molecular weight excluding hydrogens is 378 g/mol. The van der Waals surface area contributed by atoms with Crippen LogP contribution in [0.2, 0.25) is 5.15 Å². The van der Waals surface area contributed by atoms with Gasteiger partial charge in [0.05, 0.1) is 19.0 Å². The number of halogens is 1. The summed E-state index contributed by atoms with van der Waals surface area (Å²) < 4.78 is 6.88. The average Bonchev–Trinajstić information content (AvgIpc) is 3.06. The van der Waals surface area contributed by atoms with Gasteiger partial charge in [0, 0.05) is 14.1 Å². The summed E-state index contributed by atoms with van der Waals surface area (Å²) in [4.78, 5) is 18.7. The lowest BCUT2D eigenvalue weighted by atomic mass is 10.2. The largest absolute Gasteiger partial charge is 0.497 e. The molecule has 0 fully saturated rings. The minimum atomic E-state index is -0.493. The first-order valence-corrected chi connectivity index (χ1v) is 8.87. The Kier molecular flexibility index (Phi) is 5.96. The number of imidazole rings is 1. The van der Waals surface area contributed by atoms with Crippen molar-refractivity contribution in [2.45, 2.75) is 0 Å². The number of ether oxygens (including phenoxy) is 1. The molecule has 0 atom stereocenters. The van der Waals surface area contributed by atoms with Gasteiger partial charge >= 0.3 is 0 Å². The Bertz CT molecular complexity index is 982. The van der Waals surface area contributed by atoms with Gasteiger partial charge in [0.15, 0.2) is 5.69 Å². The molecule has 3 rings (SSSR count). The van der Waals surface area contributed by atoms with E-state index < -0.39 is 5.91 Å². The van der Waals surface area contributed by atoms with Crippen molar-refractivity contribution >= 4 is 29.7 Å². The molecule has 144 valence electrons. The lowest BCUT2D eigenvalue weighted by Crippen LogP contribution is -2.19. The minimum Gasteiger partial charge on any atom is -0.497 e. The second kappa shape index (κ2) is 8.58. The summed E-state index contributed by atoms with van der Waals surface area (Å²) in [6, 6.07) is 16.8. The Morgan fingerprint density at radius 3 is 2.46 bits per heavy atom. The van der Waals surface area contributed by atoms with Gasteiger partial charge in [-0.1, -0.05) is 41.9 Å². The summed E-state index contributed by atoms with van der Waals surface area (Å²) in [7, 11) is 5.25. The Balaban J connectivity index is 1.89. The Morgan fingerprint density at radius 1 is 1.18 bits per heavy atom. The minimum absolute atomic E-state index is 0.0893. The second-order valence-corrected chi connectivity index (χ2v) is 6.45. The van der Waals surface area contributed by atoms with Crippen LogP contribution in [-0.4, -0.2) is 42.9 Å². The molecule has 0 radical (unpaired) electrons. The molecule has 7 nitrogen and oxygen atoms in total. The van der Waals surface area contributed by atoms with Gasteiger partial charge in [-0.2, -0.15) is 5.10 Å². The third-order valence-corrected chi connectivity index (χ3v) is 4.28. The van der Waals surface area contributed by atoms with Crippen LogP contribution in [0.15, 0.2) is 59.7 Å². The molecule has 0 aliphatic heterocycles. The Hall–Kier alpha value is -3.32. The van der Waals surface area contributed by atoms with E-state index in [2.05, 4.69) is 15.5 Å². The zero-order valence-electron chi connectivity index (χ0n) is 15.8. The van der Waals surface area contributed by atoms with E-state index in [1.807, 2.05) is 68.7 Å². The van der Waals surface area contributed by atoms with Crippen LogP contribution in [0.3, 0.4) is 0 Å². The highest BCUT2D eigenvalue weighted by Gasteiger charge is 2.23. The smallest absolute Gasteiger partial charge is 0.293 e. The van der Waals surface area contributed by atoms with Crippen molar-refractivity contribution in [3.8, 4) is 11.4 Å². The van der Waals surface area contributed by atoms with E-state index in [9.17, 15) is 4.79 Å². The molecule has 3 aromatic rings. The van der Waals surface area contributed by atoms with Gasteiger partial charge in [0.2, 0.25) is 5.95 Å². The summed E-state index contributed by atoms with van der Waals surface area (Å²) in [6.45, 7) is 0. The van der Waals surface area contributed by atoms with Crippen LogP contribution in [0.5, 0.6) is 5.75 Å². The predicted octanol–water partition coefficient (Wildman–Crippen LogP) is 3.36. The number of nitrogens with one attached hydrogen (secondary N) is 1. The van der Waals surface area contributed by atoms with Gasteiger partial charge in [-0.05, 0) is 29.8 Å². The number of hydrazone groups is 1. The molecule has 1 heterocycles. The molecule has 0 saturated heterocycles. The highest BCUT2D eigenvalue weighted by Crippen LogP contribution is 2.28. The highest BCUT2D eigenvalue weighted by molar-refractivity contribution is 6.33. The molecule has 8 heteroatoms. The van der Waals surface area contributed by atoms with Crippen molar-refractivity contribution in [1.29, 1.82) is 0 Å². The maximum atomic E-state index is 12.6.